The molecule has 1 heterocycles. The van der Waals surface area contributed by atoms with E-state index < -0.39 is 0 Å². The second kappa shape index (κ2) is 6.11. The smallest absolute Gasteiger partial charge is 0.0721 e. The van der Waals surface area contributed by atoms with Crippen LogP contribution in [0, 0.1) is 0 Å². The molecule has 0 amide bonds. The first-order valence-electron chi connectivity index (χ1n) is 5.30. The van der Waals surface area contributed by atoms with Gasteiger partial charge in [-0.25, -0.2) is 0 Å². The van der Waals surface area contributed by atoms with E-state index in [1.54, 1.807) is 0 Å². The summed E-state index contributed by atoms with van der Waals surface area (Å²) in [6.07, 6.45) is 1.17. The standard InChI is InChI=1S/C12H17NO.ClH/c1-2-7-13-12-9-14-8-10-5-3-4-6-11(10)12;/h3-6,12-13H,2,7-9H2,1H3;1H/t12-;/m1./s1. The van der Waals surface area contributed by atoms with Crippen LogP contribution >= 0.6 is 12.4 Å². The molecule has 3 heteroatoms. The van der Waals surface area contributed by atoms with Crippen LogP contribution in [0.2, 0.25) is 0 Å². The molecule has 0 unspecified atom stereocenters. The van der Waals surface area contributed by atoms with E-state index in [0.717, 1.165) is 19.8 Å². The zero-order valence-electron chi connectivity index (χ0n) is 9.03. The van der Waals surface area contributed by atoms with Gasteiger partial charge in [-0.05, 0) is 24.1 Å². The third kappa shape index (κ3) is 2.94. The molecule has 0 spiro atoms. The summed E-state index contributed by atoms with van der Waals surface area (Å²) in [6, 6.07) is 8.91. The average Bonchev–Trinajstić information content (AvgIpc) is 2.26. The van der Waals surface area contributed by atoms with Crippen LogP contribution in [0.5, 0.6) is 0 Å². The molecule has 0 bridgehead atoms. The predicted octanol–water partition coefficient (Wildman–Crippen LogP) is 2.68. The third-order valence-electron chi connectivity index (χ3n) is 2.61. The van der Waals surface area contributed by atoms with Crippen molar-refractivity contribution in [3.05, 3.63) is 35.4 Å². The lowest BCUT2D eigenvalue weighted by molar-refractivity contribution is 0.0823. The van der Waals surface area contributed by atoms with Crippen LogP contribution in [-0.4, -0.2) is 13.2 Å². The van der Waals surface area contributed by atoms with Gasteiger partial charge in [-0.3, -0.25) is 0 Å². The van der Waals surface area contributed by atoms with E-state index >= 15 is 0 Å². The Morgan fingerprint density at radius 2 is 2.20 bits per heavy atom. The lowest BCUT2D eigenvalue weighted by Crippen LogP contribution is -2.30. The topological polar surface area (TPSA) is 21.3 Å². The van der Waals surface area contributed by atoms with Crippen molar-refractivity contribution in [3.63, 3.8) is 0 Å². The first-order valence-corrected chi connectivity index (χ1v) is 5.30. The largest absolute Gasteiger partial charge is 0.375 e. The summed E-state index contributed by atoms with van der Waals surface area (Å²) in [5.41, 5.74) is 2.74. The number of rotatable bonds is 3. The highest BCUT2D eigenvalue weighted by molar-refractivity contribution is 5.85. The first kappa shape index (κ1) is 12.5. The molecule has 1 aromatic rings. The third-order valence-corrected chi connectivity index (χ3v) is 2.61. The Labute approximate surface area is 97.4 Å². The van der Waals surface area contributed by atoms with Crippen molar-refractivity contribution in [2.75, 3.05) is 13.2 Å². The van der Waals surface area contributed by atoms with Gasteiger partial charge in [0.1, 0.15) is 0 Å². The minimum absolute atomic E-state index is 0. The van der Waals surface area contributed by atoms with Crippen LogP contribution in [0.25, 0.3) is 0 Å². The van der Waals surface area contributed by atoms with Crippen LogP contribution in [-0.2, 0) is 11.3 Å². The highest BCUT2D eigenvalue weighted by atomic mass is 35.5. The Hall–Kier alpha value is -0.570. The molecule has 1 aliphatic rings. The van der Waals surface area contributed by atoms with Crippen LogP contribution in [0.15, 0.2) is 24.3 Å². The molecule has 0 aliphatic carbocycles. The van der Waals surface area contributed by atoms with E-state index in [9.17, 15) is 0 Å². The molecule has 1 aromatic carbocycles. The number of hydrogen-bond acceptors (Lipinski definition) is 2. The van der Waals surface area contributed by atoms with E-state index in [1.807, 2.05) is 0 Å². The number of benzene rings is 1. The molecule has 2 rings (SSSR count). The summed E-state index contributed by atoms with van der Waals surface area (Å²) in [6.45, 7) is 4.81. The van der Waals surface area contributed by atoms with Gasteiger partial charge < -0.3 is 10.1 Å². The Kier molecular flexibility index (Phi) is 5.09. The number of fused-ring (bicyclic) bond motifs is 1. The Balaban J connectivity index is 0.00000112. The van der Waals surface area contributed by atoms with E-state index in [2.05, 4.69) is 36.5 Å². The van der Waals surface area contributed by atoms with Crippen LogP contribution < -0.4 is 5.32 Å². The molecule has 1 aliphatic heterocycles. The van der Waals surface area contributed by atoms with Gasteiger partial charge in [0.2, 0.25) is 0 Å². The highest BCUT2D eigenvalue weighted by Crippen LogP contribution is 2.23. The SMILES string of the molecule is CCCN[C@@H]1COCc2ccccc21.Cl. The Morgan fingerprint density at radius 1 is 1.40 bits per heavy atom. The van der Waals surface area contributed by atoms with Gasteiger partial charge in [0, 0.05) is 0 Å². The molecule has 1 N–H and O–H groups in total. The minimum Gasteiger partial charge on any atom is -0.375 e. The first-order chi connectivity index (χ1) is 6.92. The van der Waals surface area contributed by atoms with Crippen molar-refractivity contribution < 1.29 is 4.74 Å². The van der Waals surface area contributed by atoms with Crippen LogP contribution in [0.1, 0.15) is 30.5 Å². The fourth-order valence-corrected chi connectivity index (χ4v) is 1.87. The molecule has 1 atom stereocenters. The predicted molar refractivity (Wildman–Crippen MR) is 64.4 cm³/mol. The zero-order valence-corrected chi connectivity index (χ0v) is 9.85. The van der Waals surface area contributed by atoms with Crippen molar-refractivity contribution >= 4 is 12.4 Å². The van der Waals surface area contributed by atoms with Gasteiger partial charge in [0.15, 0.2) is 0 Å². The monoisotopic (exact) mass is 227 g/mol. The van der Waals surface area contributed by atoms with Crippen LogP contribution in [0.4, 0.5) is 0 Å². The normalized spacial score (nSPS) is 19.1. The zero-order chi connectivity index (χ0) is 9.80. The van der Waals surface area contributed by atoms with Crippen molar-refractivity contribution in [2.45, 2.75) is 26.0 Å². The lowest BCUT2D eigenvalue weighted by atomic mass is 9.99. The fraction of sp³-hybridized carbons (Fsp3) is 0.500. The maximum Gasteiger partial charge on any atom is 0.0721 e. The van der Waals surface area contributed by atoms with Crippen molar-refractivity contribution in [1.82, 2.24) is 5.32 Å². The van der Waals surface area contributed by atoms with Crippen molar-refractivity contribution in [2.24, 2.45) is 0 Å². The van der Waals surface area contributed by atoms with E-state index in [-0.39, 0.29) is 12.4 Å². The molecule has 2 nitrogen and oxygen atoms in total. The van der Waals surface area contributed by atoms with E-state index in [0.29, 0.717) is 6.04 Å². The van der Waals surface area contributed by atoms with Gasteiger partial charge in [0.25, 0.3) is 0 Å². The molecule has 0 saturated carbocycles. The highest BCUT2D eigenvalue weighted by Gasteiger charge is 2.18. The second-order valence-corrected chi connectivity index (χ2v) is 3.72. The summed E-state index contributed by atoms with van der Waals surface area (Å²) < 4.78 is 5.54. The number of halogens is 1. The molecule has 0 radical (unpaired) electrons. The molecular formula is C12H18ClNO. The summed E-state index contributed by atoms with van der Waals surface area (Å²) in [4.78, 5) is 0. The number of hydrogen-bond donors (Lipinski definition) is 1. The lowest BCUT2D eigenvalue weighted by Gasteiger charge is -2.26. The van der Waals surface area contributed by atoms with Crippen LogP contribution in [0.3, 0.4) is 0 Å². The van der Waals surface area contributed by atoms with Gasteiger partial charge in [-0.2, -0.15) is 0 Å². The van der Waals surface area contributed by atoms with Crippen molar-refractivity contribution in [1.29, 1.82) is 0 Å². The fourth-order valence-electron chi connectivity index (χ4n) is 1.87. The molecule has 0 aromatic heterocycles. The molecular weight excluding hydrogens is 210 g/mol. The second-order valence-electron chi connectivity index (χ2n) is 3.72. The maximum absolute atomic E-state index is 5.54. The molecule has 15 heavy (non-hydrogen) atoms. The average molecular weight is 228 g/mol. The number of ether oxygens (including phenoxy) is 1. The summed E-state index contributed by atoms with van der Waals surface area (Å²) >= 11 is 0. The summed E-state index contributed by atoms with van der Waals surface area (Å²) in [5.74, 6) is 0. The Bertz CT molecular complexity index is 303. The summed E-state index contributed by atoms with van der Waals surface area (Å²) in [5, 5.41) is 3.50. The molecule has 0 saturated heterocycles. The molecule has 84 valence electrons. The molecule has 0 fully saturated rings. The quantitative estimate of drug-likeness (QED) is 0.858. The number of nitrogens with one attached hydrogen (secondary N) is 1. The van der Waals surface area contributed by atoms with Gasteiger partial charge in [-0.1, -0.05) is 31.2 Å². The van der Waals surface area contributed by atoms with E-state index in [4.69, 9.17) is 4.74 Å². The minimum atomic E-state index is 0. The summed E-state index contributed by atoms with van der Waals surface area (Å²) in [7, 11) is 0. The van der Waals surface area contributed by atoms with Gasteiger partial charge in [-0.15, -0.1) is 12.4 Å². The van der Waals surface area contributed by atoms with E-state index in [1.165, 1.54) is 17.5 Å². The Morgan fingerprint density at radius 3 is 3.00 bits per heavy atom. The van der Waals surface area contributed by atoms with Gasteiger partial charge >= 0.3 is 0 Å². The van der Waals surface area contributed by atoms with Gasteiger partial charge in [0.05, 0.1) is 19.3 Å². The maximum atomic E-state index is 5.54. The van der Waals surface area contributed by atoms with Crippen molar-refractivity contribution in [3.8, 4) is 0 Å².